The van der Waals surface area contributed by atoms with Crippen LogP contribution in [-0.4, -0.2) is 51.6 Å². The van der Waals surface area contributed by atoms with Gasteiger partial charge in [0.1, 0.15) is 11.9 Å². The molecule has 3 heterocycles. The average Bonchev–Trinajstić information content (AvgIpc) is 3.12. The van der Waals surface area contributed by atoms with Crippen LogP contribution in [0.4, 0.5) is 4.79 Å². The van der Waals surface area contributed by atoms with E-state index in [9.17, 15) is 9.59 Å². The Hall–Kier alpha value is -2.57. The topological polar surface area (TPSA) is 79.3 Å². The van der Waals surface area contributed by atoms with Crippen molar-refractivity contribution < 1.29 is 9.59 Å². The molecule has 1 aromatic heterocycles. The Labute approximate surface area is 152 Å². The monoisotopic (exact) mass is 355 g/mol. The Morgan fingerprint density at radius 3 is 2.65 bits per heavy atom. The van der Waals surface area contributed by atoms with Gasteiger partial charge in [-0.2, -0.15) is 0 Å². The number of carbonyl (C=O) groups excluding carboxylic acids is 2. The second-order valence-electron chi connectivity index (χ2n) is 7.94. The van der Waals surface area contributed by atoms with Gasteiger partial charge < -0.3 is 20.1 Å². The molecule has 0 bridgehead atoms. The first kappa shape index (κ1) is 16.9. The number of urea groups is 1. The third kappa shape index (κ3) is 2.71. The molecule has 2 saturated heterocycles. The van der Waals surface area contributed by atoms with E-state index in [1.54, 1.807) is 0 Å². The molecule has 1 aromatic carbocycles. The second-order valence-corrected chi connectivity index (χ2v) is 7.94. The average molecular weight is 355 g/mol. The molecular weight excluding hydrogens is 330 g/mol. The maximum Gasteiger partial charge on any atom is 0.315 e. The highest BCUT2D eigenvalue weighted by Gasteiger charge is 2.50. The first-order valence-electron chi connectivity index (χ1n) is 9.19. The van der Waals surface area contributed by atoms with Gasteiger partial charge in [-0.05, 0) is 25.0 Å². The Morgan fingerprint density at radius 2 is 2.00 bits per heavy atom. The van der Waals surface area contributed by atoms with Crippen molar-refractivity contribution in [2.24, 2.45) is 5.92 Å². The molecule has 26 heavy (non-hydrogen) atoms. The predicted molar refractivity (Wildman–Crippen MR) is 98.8 cm³/mol. The minimum atomic E-state index is -0.321. The fraction of sp³-hybridized carbons (Fsp3) is 0.526. The lowest BCUT2D eigenvalue weighted by Gasteiger charge is -2.47. The van der Waals surface area contributed by atoms with Gasteiger partial charge in [-0.15, -0.1) is 0 Å². The van der Waals surface area contributed by atoms with Crippen LogP contribution in [0.3, 0.4) is 0 Å². The molecule has 0 aliphatic carbocycles. The summed E-state index contributed by atoms with van der Waals surface area (Å²) in [7, 11) is 0. The van der Waals surface area contributed by atoms with Gasteiger partial charge in [0, 0.05) is 26.1 Å². The van der Waals surface area contributed by atoms with Crippen molar-refractivity contribution in [2.75, 3.05) is 19.6 Å². The molecule has 0 saturated carbocycles. The van der Waals surface area contributed by atoms with Crippen molar-refractivity contribution in [2.45, 2.75) is 38.8 Å². The van der Waals surface area contributed by atoms with Crippen molar-refractivity contribution in [3.8, 4) is 0 Å². The number of carbonyl (C=O) groups is 2. The van der Waals surface area contributed by atoms with Gasteiger partial charge >= 0.3 is 6.03 Å². The van der Waals surface area contributed by atoms with E-state index in [1.807, 2.05) is 36.1 Å². The number of imidazole rings is 1. The summed E-state index contributed by atoms with van der Waals surface area (Å²) in [6, 6.07) is 7.50. The molecule has 7 nitrogen and oxygen atoms in total. The van der Waals surface area contributed by atoms with Crippen molar-refractivity contribution in [1.29, 1.82) is 0 Å². The molecule has 2 aliphatic heterocycles. The third-order valence-electron chi connectivity index (χ3n) is 5.27. The van der Waals surface area contributed by atoms with Crippen molar-refractivity contribution >= 4 is 23.0 Å². The molecule has 2 fully saturated rings. The van der Waals surface area contributed by atoms with Crippen LogP contribution in [0, 0.1) is 5.92 Å². The zero-order valence-corrected chi connectivity index (χ0v) is 15.5. The highest BCUT2D eigenvalue weighted by Crippen LogP contribution is 2.29. The minimum Gasteiger partial charge on any atom is -0.336 e. The molecule has 1 atom stereocenters. The summed E-state index contributed by atoms with van der Waals surface area (Å²) in [4.78, 5) is 31.1. The SMILES string of the molecule is CC(C)Cc1nc2ccccc2n1[C@H](C)C(=O)N1CC2(CNC(=O)N2)C1. The Morgan fingerprint density at radius 1 is 1.27 bits per heavy atom. The van der Waals surface area contributed by atoms with Gasteiger partial charge in [-0.1, -0.05) is 26.0 Å². The van der Waals surface area contributed by atoms with Crippen molar-refractivity contribution in [3.05, 3.63) is 30.1 Å². The van der Waals surface area contributed by atoms with E-state index in [-0.39, 0.29) is 23.5 Å². The van der Waals surface area contributed by atoms with E-state index in [4.69, 9.17) is 4.98 Å². The van der Waals surface area contributed by atoms with E-state index in [2.05, 4.69) is 29.0 Å². The summed E-state index contributed by atoms with van der Waals surface area (Å²) in [5.41, 5.74) is 1.63. The number of hydrogen-bond acceptors (Lipinski definition) is 3. The number of nitrogens with one attached hydrogen (secondary N) is 2. The zero-order chi connectivity index (χ0) is 18.5. The van der Waals surface area contributed by atoms with E-state index in [0.717, 1.165) is 23.3 Å². The maximum atomic E-state index is 13.1. The number of amides is 3. The molecule has 0 unspecified atom stereocenters. The van der Waals surface area contributed by atoms with E-state index in [0.29, 0.717) is 25.6 Å². The van der Waals surface area contributed by atoms with Gasteiger partial charge in [0.05, 0.1) is 16.6 Å². The first-order valence-corrected chi connectivity index (χ1v) is 9.19. The van der Waals surface area contributed by atoms with Crippen LogP contribution in [0.2, 0.25) is 0 Å². The molecule has 0 radical (unpaired) electrons. The maximum absolute atomic E-state index is 13.1. The molecule has 3 amide bonds. The van der Waals surface area contributed by atoms with E-state index in [1.165, 1.54) is 0 Å². The third-order valence-corrected chi connectivity index (χ3v) is 5.27. The molecule has 2 aliphatic rings. The lowest BCUT2D eigenvalue weighted by molar-refractivity contribution is -0.142. The van der Waals surface area contributed by atoms with Crippen LogP contribution in [0.25, 0.3) is 11.0 Å². The standard InChI is InChI=1S/C19H25N5O2/c1-12(2)8-16-21-14-6-4-5-7-15(14)24(16)13(3)17(25)23-10-19(11-23)9-20-18(26)22-19/h4-7,12-13H,8-11H2,1-3H3,(H2,20,22,26)/t13-/m1/s1. The van der Waals surface area contributed by atoms with E-state index >= 15 is 0 Å². The fourth-order valence-corrected chi connectivity index (χ4v) is 4.02. The Balaban J connectivity index is 1.59. The Bertz CT molecular complexity index is 866. The predicted octanol–water partition coefficient (Wildman–Crippen LogP) is 1.69. The van der Waals surface area contributed by atoms with Crippen LogP contribution >= 0.6 is 0 Å². The Kier molecular flexibility index (Phi) is 3.89. The van der Waals surface area contributed by atoms with Crippen LogP contribution < -0.4 is 10.6 Å². The quantitative estimate of drug-likeness (QED) is 0.876. The molecule has 4 rings (SSSR count). The lowest BCUT2D eigenvalue weighted by atomic mass is 9.90. The zero-order valence-electron chi connectivity index (χ0n) is 15.5. The highest BCUT2D eigenvalue weighted by molar-refractivity contribution is 5.86. The minimum absolute atomic E-state index is 0.0740. The second kappa shape index (κ2) is 6.00. The van der Waals surface area contributed by atoms with Crippen LogP contribution in [0.5, 0.6) is 0 Å². The number of likely N-dealkylation sites (tertiary alicyclic amines) is 1. The molecular formula is C19H25N5O2. The number of aromatic nitrogens is 2. The van der Waals surface area contributed by atoms with Crippen LogP contribution in [-0.2, 0) is 11.2 Å². The summed E-state index contributed by atoms with van der Waals surface area (Å²) in [6.45, 7) is 7.95. The number of para-hydroxylation sites is 2. The van der Waals surface area contributed by atoms with Crippen LogP contribution in [0.15, 0.2) is 24.3 Å². The normalized spacial score (nSPS) is 19.5. The number of nitrogens with zero attached hydrogens (tertiary/aromatic N) is 3. The summed E-state index contributed by atoms with van der Waals surface area (Å²) in [6.07, 6.45) is 0.830. The summed E-state index contributed by atoms with van der Waals surface area (Å²) < 4.78 is 2.08. The smallest absolute Gasteiger partial charge is 0.315 e. The van der Waals surface area contributed by atoms with E-state index < -0.39 is 0 Å². The molecule has 1 spiro atoms. The summed E-state index contributed by atoms with van der Waals surface area (Å²) in [5.74, 6) is 1.48. The summed E-state index contributed by atoms with van der Waals surface area (Å²) in [5, 5.41) is 5.71. The van der Waals surface area contributed by atoms with Gasteiger partial charge in [0.2, 0.25) is 5.91 Å². The molecule has 2 N–H and O–H groups in total. The molecule has 2 aromatic rings. The van der Waals surface area contributed by atoms with Crippen molar-refractivity contribution in [3.63, 3.8) is 0 Å². The van der Waals surface area contributed by atoms with Gasteiger partial charge in [-0.25, -0.2) is 9.78 Å². The number of hydrogen-bond donors (Lipinski definition) is 2. The molecule has 138 valence electrons. The molecule has 7 heteroatoms. The van der Waals surface area contributed by atoms with Crippen molar-refractivity contribution in [1.82, 2.24) is 25.1 Å². The largest absolute Gasteiger partial charge is 0.336 e. The van der Waals surface area contributed by atoms with Gasteiger partial charge in [-0.3, -0.25) is 4.79 Å². The lowest BCUT2D eigenvalue weighted by Crippen LogP contribution is -2.70. The van der Waals surface area contributed by atoms with Crippen LogP contribution in [0.1, 0.15) is 32.6 Å². The van der Waals surface area contributed by atoms with Gasteiger partial charge in [0.25, 0.3) is 0 Å². The number of benzene rings is 1. The number of fused-ring (bicyclic) bond motifs is 1. The number of rotatable bonds is 4. The highest BCUT2D eigenvalue weighted by atomic mass is 16.2. The van der Waals surface area contributed by atoms with Gasteiger partial charge in [0.15, 0.2) is 0 Å². The first-order chi connectivity index (χ1) is 12.4. The summed E-state index contributed by atoms with van der Waals surface area (Å²) >= 11 is 0. The fourth-order valence-electron chi connectivity index (χ4n) is 4.02.